The number of aromatic nitrogens is 3. The summed E-state index contributed by atoms with van der Waals surface area (Å²) >= 11 is 1.57. The molecule has 3 aromatic rings. The Morgan fingerprint density at radius 2 is 2.10 bits per heavy atom. The molecule has 20 heavy (non-hydrogen) atoms. The lowest BCUT2D eigenvalue weighted by Crippen LogP contribution is -2.19. The standard InChI is InChI=1S/C14H11N4OS/c19-18-7-10-5-11-12(6-13(10)20-8-18)17-14(16-11)9-1-3-15-4-2-9/h1-6H,7-8H2,(H,16,17)/q-1. The van der Waals surface area contributed by atoms with Gasteiger partial charge in [0, 0.05) is 35.3 Å². The Morgan fingerprint density at radius 1 is 1.25 bits per heavy atom. The largest absolute Gasteiger partial charge is 0.784 e. The normalized spacial score (nSPS) is 15.4. The Kier molecular flexibility index (Phi) is 2.73. The molecule has 2 aromatic heterocycles. The molecule has 0 atom stereocenters. The first kappa shape index (κ1) is 11.9. The Morgan fingerprint density at radius 3 is 2.95 bits per heavy atom. The van der Waals surface area contributed by atoms with Gasteiger partial charge in [-0.05, 0) is 29.8 Å². The fourth-order valence-electron chi connectivity index (χ4n) is 2.36. The first-order valence-electron chi connectivity index (χ1n) is 6.27. The summed E-state index contributed by atoms with van der Waals surface area (Å²) in [5.74, 6) is 1.31. The SMILES string of the molecule is [O-]N1CSc2cc3nc(-c4ccncc4)[nH]c3cc2C1. The van der Waals surface area contributed by atoms with Crippen LogP contribution in [-0.2, 0) is 6.54 Å². The van der Waals surface area contributed by atoms with Crippen molar-refractivity contribution in [3.05, 3.63) is 47.4 Å². The lowest BCUT2D eigenvalue weighted by Gasteiger charge is -2.32. The van der Waals surface area contributed by atoms with Crippen LogP contribution in [0.2, 0.25) is 0 Å². The molecule has 0 bridgehead atoms. The maximum atomic E-state index is 11.5. The molecule has 0 spiro atoms. The molecule has 0 saturated carbocycles. The summed E-state index contributed by atoms with van der Waals surface area (Å²) in [7, 11) is 0. The number of hydrogen-bond donors (Lipinski definition) is 1. The van der Waals surface area contributed by atoms with E-state index in [2.05, 4.69) is 21.0 Å². The molecule has 1 aromatic carbocycles. The minimum Gasteiger partial charge on any atom is -0.784 e. The molecular formula is C14H11N4OS-. The molecule has 0 fully saturated rings. The second-order valence-corrected chi connectivity index (χ2v) is 5.70. The van der Waals surface area contributed by atoms with Crippen molar-refractivity contribution in [2.45, 2.75) is 11.4 Å². The number of hydroxylamine groups is 2. The first-order valence-corrected chi connectivity index (χ1v) is 7.26. The maximum absolute atomic E-state index is 11.5. The number of imidazole rings is 1. The van der Waals surface area contributed by atoms with Crippen molar-refractivity contribution in [3.8, 4) is 11.4 Å². The van der Waals surface area contributed by atoms with Gasteiger partial charge >= 0.3 is 0 Å². The van der Waals surface area contributed by atoms with Crippen LogP contribution >= 0.6 is 11.8 Å². The third-order valence-electron chi connectivity index (χ3n) is 3.33. The van der Waals surface area contributed by atoms with Crippen LogP contribution in [0.5, 0.6) is 0 Å². The van der Waals surface area contributed by atoms with E-state index in [1.54, 1.807) is 24.2 Å². The van der Waals surface area contributed by atoms with Crippen molar-refractivity contribution < 1.29 is 0 Å². The zero-order valence-corrected chi connectivity index (χ0v) is 11.4. The third-order valence-corrected chi connectivity index (χ3v) is 4.44. The Hall–Kier alpha value is -1.89. The van der Waals surface area contributed by atoms with Crippen LogP contribution in [-0.4, -0.2) is 25.9 Å². The van der Waals surface area contributed by atoms with Crippen LogP contribution in [0.4, 0.5) is 0 Å². The number of nitrogens with zero attached hydrogens (tertiary/aromatic N) is 3. The Bertz CT molecular complexity index is 771. The zero-order valence-electron chi connectivity index (χ0n) is 10.5. The summed E-state index contributed by atoms with van der Waals surface area (Å²) in [5.41, 5.74) is 3.97. The number of H-pyrrole nitrogens is 1. The van der Waals surface area contributed by atoms with E-state index in [-0.39, 0.29) is 0 Å². The molecule has 0 saturated heterocycles. The van der Waals surface area contributed by atoms with Crippen LogP contribution in [0.3, 0.4) is 0 Å². The number of aromatic amines is 1. The molecule has 1 aliphatic heterocycles. The van der Waals surface area contributed by atoms with E-state index in [0.717, 1.165) is 37.9 Å². The van der Waals surface area contributed by atoms with E-state index in [4.69, 9.17) is 0 Å². The molecule has 0 radical (unpaired) electrons. The summed E-state index contributed by atoms with van der Waals surface area (Å²) in [6.45, 7) is 0.446. The maximum Gasteiger partial charge on any atom is 0.138 e. The van der Waals surface area contributed by atoms with Gasteiger partial charge in [-0.25, -0.2) is 4.98 Å². The van der Waals surface area contributed by atoms with Crippen molar-refractivity contribution in [1.29, 1.82) is 0 Å². The second kappa shape index (κ2) is 4.59. The molecule has 0 amide bonds. The summed E-state index contributed by atoms with van der Waals surface area (Å²) in [5, 5.41) is 12.5. The first-order chi connectivity index (χ1) is 9.79. The number of nitrogens with one attached hydrogen (secondary N) is 1. The molecule has 6 heteroatoms. The smallest absolute Gasteiger partial charge is 0.138 e. The van der Waals surface area contributed by atoms with Crippen molar-refractivity contribution in [2.75, 3.05) is 5.88 Å². The van der Waals surface area contributed by atoms with Crippen molar-refractivity contribution in [2.24, 2.45) is 0 Å². The van der Waals surface area contributed by atoms with Gasteiger partial charge < -0.3 is 15.3 Å². The summed E-state index contributed by atoms with van der Waals surface area (Å²) in [4.78, 5) is 13.1. The highest BCUT2D eigenvalue weighted by molar-refractivity contribution is 7.99. The highest BCUT2D eigenvalue weighted by Crippen LogP contribution is 2.33. The number of benzene rings is 1. The molecule has 0 aliphatic carbocycles. The number of hydrogen-bond acceptors (Lipinski definition) is 5. The average Bonchev–Trinajstić information content (AvgIpc) is 2.88. The lowest BCUT2D eigenvalue weighted by molar-refractivity contribution is 0.425. The molecule has 5 nitrogen and oxygen atoms in total. The van der Waals surface area contributed by atoms with Gasteiger partial charge in [0.25, 0.3) is 0 Å². The molecular weight excluding hydrogens is 272 g/mol. The zero-order chi connectivity index (χ0) is 13.5. The van der Waals surface area contributed by atoms with E-state index in [1.165, 1.54) is 0 Å². The minimum absolute atomic E-state index is 0.446. The molecule has 100 valence electrons. The van der Waals surface area contributed by atoms with Gasteiger partial charge in [-0.15, -0.1) is 11.8 Å². The lowest BCUT2D eigenvalue weighted by atomic mass is 10.2. The van der Waals surface area contributed by atoms with E-state index in [0.29, 0.717) is 12.4 Å². The Balaban J connectivity index is 1.84. The van der Waals surface area contributed by atoms with Gasteiger partial charge in [0.1, 0.15) is 5.82 Å². The monoisotopic (exact) mass is 283 g/mol. The van der Waals surface area contributed by atoms with Crippen LogP contribution in [0.1, 0.15) is 5.56 Å². The summed E-state index contributed by atoms with van der Waals surface area (Å²) in [6, 6.07) is 7.93. The molecule has 1 aliphatic rings. The van der Waals surface area contributed by atoms with Crippen LogP contribution in [0, 0.1) is 5.21 Å². The minimum atomic E-state index is 0.446. The van der Waals surface area contributed by atoms with Crippen molar-refractivity contribution >= 4 is 22.8 Å². The topological polar surface area (TPSA) is 67.9 Å². The van der Waals surface area contributed by atoms with Gasteiger partial charge in [-0.1, -0.05) is 0 Å². The molecule has 0 unspecified atom stereocenters. The van der Waals surface area contributed by atoms with Gasteiger partial charge in [-0.3, -0.25) is 4.98 Å². The van der Waals surface area contributed by atoms with Crippen molar-refractivity contribution in [1.82, 2.24) is 20.0 Å². The quantitative estimate of drug-likeness (QED) is 0.743. The van der Waals surface area contributed by atoms with Crippen molar-refractivity contribution in [3.63, 3.8) is 0 Å². The summed E-state index contributed by atoms with van der Waals surface area (Å²) in [6.07, 6.45) is 3.50. The fourth-order valence-corrected chi connectivity index (χ4v) is 3.24. The van der Waals surface area contributed by atoms with Crippen LogP contribution in [0.25, 0.3) is 22.4 Å². The molecule has 3 heterocycles. The predicted octanol–water partition coefficient (Wildman–Crippen LogP) is 2.99. The van der Waals surface area contributed by atoms with Crippen LogP contribution < -0.4 is 0 Å². The highest BCUT2D eigenvalue weighted by Gasteiger charge is 2.14. The number of pyridine rings is 1. The third kappa shape index (κ3) is 1.98. The molecule has 1 N–H and O–H groups in total. The van der Waals surface area contributed by atoms with Gasteiger partial charge in [0.05, 0.1) is 11.0 Å². The van der Waals surface area contributed by atoms with Crippen LogP contribution in [0.15, 0.2) is 41.6 Å². The number of rotatable bonds is 1. The van der Waals surface area contributed by atoms with Gasteiger partial charge in [0.15, 0.2) is 0 Å². The van der Waals surface area contributed by atoms with E-state index >= 15 is 0 Å². The summed E-state index contributed by atoms with van der Waals surface area (Å²) < 4.78 is 0. The van der Waals surface area contributed by atoms with Gasteiger partial charge in [0.2, 0.25) is 0 Å². The van der Waals surface area contributed by atoms with Gasteiger partial charge in [-0.2, -0.15) is 0 Å². The van der Waals surface area contributed by atoms with E-state index in [9.17, 15) is 5.21 Å². The van der Waals surface area contributed by atoms with E-state index < -0.39 is 0 Å². The highest BCUT2D eigenvalue weighted by atomic mass is 32.2. The number of thioether (sulfide) groups is 1. The fraction of sp³-hybridized carbons (Fsp3) is 0.143. The predicted molar refractivity (Wildman–Crippen MR) is 79.0 cm³/mol. The average molecular weight is 283 g/mol. The number of fused-ring (bicyclic) bond motifs is 2. The Labute approximate surface area is 119 Å². The van der Waals surface area contributed by atoms with E-state index in [1.807, 2.05) is 18.2 Å². The molecule has 4 rings (SSSR count). The second-order valence-electron chi connectivity index (χ2n) is 4.71.